The lowest BCUT2D eigenvalue weighted by Gasteiger charge is -2.08. The van der Waals surface area contributed by atoms with Crippen molar-refractivity contribution in [2.75, 3.05) is 12.4 Å². The van der Waals surface area contributed by atoms with Crippen LogP contribution in [0.1, 0.15) is 5.56 Å². The summed E-state index contributed by atoms with van der Waals surface area (Å²) in [5.41, 5.74) is 1.97. The van der Waals surface area contributed by atoms with Gasteiger partial charge in [0.05, 0.1) is 11.6 Å². The molecule has 0 bridgehead atoms. The first kappa shape index (κ1) is 12.9. The third-order valence-electron chi connectivity index (χ3n) is 2.55. The molecule has 0 spiro atoms. The summed E-state index contributed by atoms with van der Waals surface area (Å²) in [7, 11) is 1.64. The number of nitrogens with one attached hydrogen (secondary N) is 1. The van der Waals surface area contributed by atoms with Crippen LogP contribution < -0.4 is 10.1 Å². The Morgan fingerprint density at radius 2 is 2.06 bits per heavy atom. The summed E-state index contributed by atoms with van der Waals surface area (Å²) >= 11 is 3.17. The van der Waals surface area contributed by atoms with Crippen molar-refractivity contribution in [1.29, 1.82) is 0 Å². The molecule has 0 amide bonds. The molecule has 0 heterocycles. The minimum absolute atomic E-state index is 0.250. The number of hydrogen-bond acceptors (Lipinski definition) is 2. The van der Waals surface area contributed by atoms with Gasteiger partial charge in [-0.3, -0.25) is 0 Å². The van der Waals surface area contributed by atoms with Crippen molar-refractivity contribution in [1.82, 2.24) is 0 Å². The normalized spacial score (nSPS) is 10.2. The Bertz CT molecular complexity index is 545. The van der Waals surface area contributed by atoms with Crippen LogP contribution in [0, 0.1) is 5.82 Å². The molecule has 2 nitrogen and oxygen atoms in total. The van der Waals surface area contributed by atoms with Gasteiger partial charge in [0.15, 0.2) is 0 Å². The van der Waals surface area contributed by atoms with Crippen LogP contribution in [0.4, 0.5) is 10.1 Å². The number of hydrogen-bond donors (Lipinski definition) is 1. The zero-order chi connectivity index (χ0) is 13.0. The van der Waals surface area contributed by atoms with Gasteiger partial charge in [0.25, 0.3) is 0 Å². The van der Waals surface area contributed by atoms with Gasteiger partial charge in [-0.15, -0.1) is 0 Å². The molecular formula is C14H13BrFNO. The van der Waals surface area contributed by atoms with Crippen LogP contribution in [-0.4, -0.2) is 7.11 Å². The lowest BCUT2D eigenvalue weighted by Crippen LogP contribution is -1.99. The molecule has 0 radical (unpaired) electrons. The number of ether oxygens (including phenoxy) is 1. The molecule has 0 aliphatic rings. The van der Waals surface area contributed by atoms with E-state index in [1.54, 1.807) is 19.2 Å². The smallest absolute Gasteiger partial charge is 0.137 e. The molecule has 0 aliphatic heterocycles. The second kappa shape index (κ2) is 5.87. The fraction of sp³-hybridized carbons (Fsp3) is 0.143. The van der Waals surface area contributed by atoms with Crippen LogP contribution in [0.3, 0.4) is 0 Å². The molecule has 2 aromatic rings. The highest BCUT2D eigenvalue weighted by atomic mass is 79.9. The van der Waals surface area contributed by atoms with E-state index in [0.717, 1.165) is 17.0 Å². The molecule has 4 heteroatoms. The van der Waals surface area contributed by atoms with Crippen LogP contribution in [0.25, 0.3) is 0 Å². The van der Waals surface area contributed by atoms with Gasteiger partial charge in [-0.2, -0.15) is 0 Å². The summed E-state index contributed by atoms with van der Waals surface area (Å²) in [4.78, 5) is 0. The Balaban J connectivity index is 2.04. The van der Waals surface area contributed by atoms with Crippen molar-refractivity contribution < 1.29 is 9.13 Å². The molecule has 18 heavy (non-hydrogen) atoms. The van der Waals surface area contributed by atoms with Crippen LogP contribution in [0.2, 0.25) is 0 Å². The van der Waals surface area contributed by atoms with Gasteiger partial charge in [0, 0.05) is 18.3 Å². The maximum Gasteiger partial charge on any atom is 0.137 e. The third kappa shape index (κ3) is 3.23. The van der Waals surface area contributed by atoms with Crippen molar-refractivity contribution in [2.24, 2.45) is 0 Å². The minimum Gasteiger partial charge on any atom is -0.497 e. The molecule has 0 saturated carbocycles. The highest BCUT2D eigenvalue weighted by molar-refractivity contribution is 9.10. The summed E-state index contributed by atoms with van der Waals surface area (Å²) in [6.45, 7) is 0.631. The zero-order valence-electron chi connectivity index (χ0n) is 9.91. The van der Waals surface area contributed by atoms with Crippen molar-refractivity contribution in [2.45, 2.75) is 6.54 Å². The maximum absolute atomic E-state index is 13.1. The second-order valence-electron chi connectivity index (χ2n) is 3.83. The van der Waals surface area contributed by atoms with Gasteiger partial charge < -0.3 is 10.1 Å². The summed E-state index contributed by atoms with van der Waals surface area (Å²) in [5.74, 6) is 0.556. The third-order valence-corrected chi connectivity index (χ3v) is 3.16. The SMILES string of the molecule is COc1cccc(NCc2ccc(F)c(Br)c2)c1. The Kier molecular flexibility index (Phi) is 4.20. The molecule has 0 unspecified atom stereocenters. The Hall–Kier alpha value is -1.55. The molecule has 0 aliphatic carbocycles. The van der Waals surface area contributed by atoms with Gasteiger partial charge in [0.1, 0.15) is 11.6 Å². The van der Waals surface area contributed by atoms with Crippen molar-refractivity contribution in [3.8, 4) is 5.75 Å². The molecule has 0 fully saturated rings. The van der Waals surface area contributed by atoms with Gasteiger partial charge in [0.2, 0.25) is 0 Å². The van der Waals surface area contributed by atoms with E-state index in [1.165, 1.54) is 6.07 Å². The molecule has 94 valence electrons. The predicted octanol–water partition coefficient (Wildman–Crippen LogP) is 4.21. The van der Waals surface area contributed by atoms with Crippen LogP contribution >= 0.6 is 15.9 Å². The lowest BCUT2D eigenvalue weighted by atomic mass is 10.2. The van der Waals surface area contributed by atoms with E-state index in [2.05, 4.69) is 21.2 Å². The Morgan fingerprint density at radius 1 is 1.22 bits per heavy atom. The van der Waals surface area contributed by atoms with Gasteiger partial charge in [-0.25, -0.2) is 4.39 Å². The van der Waals surface area contributed by atoms with Crippen LogP contribution in [0.5, 0.6) is 5.75 Å². The van der Waals surface area contributed by atoms with Gasteiger partial charge >= 0.3 is 0 Å². The number of anilines is 1. The van der Waals surface area contributed by atoms with Crippen LogP contribution in [0.15, 0.2) is 46.9 Å². The Morgan fingerprint density at radius 3 is 2.78 bits per heavy atom. The van der Waals surface area contributed by atoms with E-state index in [1.807, 2.05) is 24.3 Å². The molecule has 0 atom stereocenters. The quantitative estimate of drug-likeness (QED) is 0.913. The largest absolute Gasteiger partial charge is 0.497 e. The highest BCUT2D eigenvalue weighted by Gasteiger charge is 2.01. The fourth-order valence-electron chi connectivity index (χ4n) is 1.59. The van der Waals surface area contributed by atoms with E-state index in [-0.39, 0.29) is 5.82 Å². The van der Waals surface area contributed by atoms with E-state index in [4.69, 9.17) is 4.74 Å². The van der Waals surface area contributed by atoms with Crippen LogP contribution in [-0.2, 0) is 6.54 Å². The summed E-state index contributed by atoms with van der Waals surface area (Å²) < 4.78 is 18.7. The molecule has 2 rings (SSSR count). The minimum atomic E-state index is -0.250. The average Bonchev–Trinajstić information content (AvgIpc) is 2.40. The fourth-order valence-corrected chi connectivity index (χ4v) is 2.01. The lowest BCUT2D eigenvalue weighted by molar-refractivity contribution is 0.415. The number of rotatable bonds is 4. The summed E-state index contributed by atoms with van der Waals surface area (Å²) in [6, 6.07) is 12.7. The van der Waals surface area contributed by atoms with Crippen molar-refractivity contribution in [3.05, 3.63) is 58.3 Å². The van der Waals surface area contributed by atoms with Crippen molar-refractivity contribution >= 4 is 21.6 Å². The topological polar surface area (TPSA) is 21.3 Å². The standard InChI is InChI=1S/C14H13BrFNO/c1-18-12-4-2-3-11(8-12)17-9-10-5-6-14(16)13(15)7-10/h2-8,17H,9H2,1H3. The average molecular weight is 310 g/mol. The van der Waals surface area contributed by atoms with E-state index in [0.29, 0.717) is 11.0 Å². The van der Waals surface area contributed by atoms with E-state index < -0.39 is 0 Å². The molecule has 1 N–H and O–H groups in total. The highest BCUT2D eigenvalue weighted by Crippen LogP contribution is 2.20. The Labute approximate surface area is 114 Å². The van der Waals surface area contributed by atoms with E-state index >= 15 is 0 Å². The summed E-state index contributed by atoms with van der Waals surface area (Å²) in [6.07, 6.45) is 0. The number of benzene rings is 2. The first-order valence-electron chi connectivity index (χ1n) is 5.51. The number of halogens is 2. The van der Waals surface area contributed by atoms with Crippen molar-refractivity contribution in [3.63, 3.8) is 0 Å². The maximum atomic E-state index is 13.1. The number of methoxy groups -OCH3 is 1. The second-order valence-corrected chi connectivity index (χ2v) is 4.69. The van der Waals surface area contributed by atoms with Gasteiger partial charge in [-0.1, -0.05) is 12.1 Å². The molecular weight excluding hydrogens is 297 g/mol. The molecule has 2 aromatic carbocycles. The first-order valence-corrected chi connectivity index (χ1v) is 6.30. The monoisotopic (exact) mass is 309 g/mol. The first-order chi connectivity index (χ1) is 8.69. The molecule has 0 aromatic heterocycles. The zero-order valence-corrected chi connectivity index (χ0v) is 11.5. The molecule has 0 saturated heterocycles. The predicted molar refractivity (Wildman–Crippen MR) is 74.4 cm³/mol. The van der Waals surface area contributed by atoms with Gasteiger partial charge in [-0.05, 0) is 45.8 Å². The summed E-state index contributed by atoms with van der Waals surface area (Å²) in [5, 5.41) is 3.26. The van der Waals surface area contributed by atoms with E-state index in [9.17, 15) is 4.39 Å².